The van der Waals surface area contributed by atoms with Gasteiger partial charge in [0.1, 0.15) is 11.3 Å². The lowest BCUT2D eigenvalue weighted by atomic mass is 9.95. The first kappa shape index (κ1) is 18.8. The molecule has 0 spiro atoms. The number of nitrogens with one attached hydrogen (secondary N) is 2. The van der Waals surface area contributed by atoms with E-state index in [1.807, 2.05) is 31.3 Å². The largest absolute Gasteiger partial charge is 0.496 e. The lowest BCUT2D eigenvalue weighted by Crippen LogP contribution is -2.60. The van der Waals surface area contributed by atoms with Crippen LogP contribution >= 0.6 is 0 Å². The molecule has 2 saturated heterocycles. The van der Waals surface area contributed by atoms with Crippen molar-refractivity contribution in [3.63, 3.8) is 0 Å². The molecule has 4 rings (SSSR count). The Hall–Kier alpha value is -2.53. The fourth-order valence-corrected chi connectivity index (χ4v) is 4.93. The number of benzene rings is 2. The van der Waals surface area contributed by atoms with Crippen molar-refractivity contribution in [2.24, 2.45) is 0 Å². The van der Waals surface area contributed by atoms with Crippen molar-refractivity contribution < 1.29 is 9.53 Å². The number of fused-ring (bicyclic) bond motifs is 2. The molecule has 28 heavy (non-hydrogen) atoms. The molecule has 2 bridgehead atoms. The van der Waals surface area contributed by atoms with Crippen LogP contribution in [-0.2, 0) is 6.54 Å². The van der Waals surface area contributed by atoms with Gasteiger partial charge in [-0.05, 0) is 49.8 Å². The van der Waals surface area contributed by atoms with Gasteiger partial charge in [-0.2, -0.15) is 0 Å². The molecule has 2 aliphatic rings. The van der Waals surface area contributed by atoms with Crippen LogP contribution in [0.5, 0.6) is 5.75 Å². The van der Waals surface area contributed by atoms with Crippen LogP contribution in [0.3, 0.4) is 0 Å². The van der Waals surface area contributed by atoms with E-state index in [-0.39, 0.29) is 11.6 Å². The van der Waals surface area contributed by atoms with Crippen molar-refractivity contribution in [3.05, 3.63) is 59.7 Å². The second kappa shape index (κ2) is 7.84. The number of ether oxygens (including phenoxy) is 1. The third kappa shape index (κ3) is 3.35. The number of hydrogen-bond donors (Lipinski definition) is 2. The van der Waals surface area contributed by atoms with Crippen molar-refractivity contribution in [1.82, 2.24) is 10.2 Å². The van der Waals surface area contributed by atoms with Gasteiger partial charge in [0, 0.05) is 19.6 Å². The summed E-state index contributed by atoms with van der Waals surface area (Å²) in [4.78, 5) is 15.9. The number of rotatable bonds is 6. The Balaban J connectivity index is 1.63. The number of piperidine rings is 1. The zero-order valence-electron chi connectivity index (χ0n) is 16.7. The number of amides is 1. The first-order valence-electron chi connectivity index (χ1n) is 10.1. The van der Waals surface area contributed by atoms with Crippen molar-refractivity contribution in [1.29, 1.82) is 0 Å². The average molecular weight is 380 g/mol. The van der Waals surface area contributed by atoms with E-state index in [1.165, 1.54) is 12.0 Å². The van der Waals surface area contributed by atoms with E-state index in [0.717, 1.165) is 37.9 Å². The highest BCUT2D eigenvalue weighted by Gasteiger charge is 2.49. The van der Waals surface area contributed by atoms with Gasteiger partial charge in [0.25, 0.3) is 5.91 Å². The minimum atomic E-state index is -0.276. The van der Waals surface area contributed by atoms with Crippen LogP contribution in [-0.4, -0.2) is 36.7 Å². The molecule has 0 aromatic heterocycles. The van der Waals surface area contributed by atoms with Gasteiger partial charge in [0.05, 0.1) is 18.5 Å². The summed E-state index contributed by atoms with van der Waals surface area (Å²) in [5.41, 5.74) is 2.38. The van der Waals surface area contributed by atoms with Crippen molar-refractivity contribution in [3.8, 4) is 5.75 Å². The molecule has 1 amide bonds. The van der Waals surface area contributed by atoms with E-state index < -0.39 is 0 Å². The Labute approximate surface area is 167 Å². The lowest BCUT2D eigenvalue weighted by Gasteiger charge is -2.45. The Kier molecular flexibility index (Phi) is 5.27. The van der Waals surface area contributed by atoms with E-state index in [1.54, 1.807) is 7.11 Å². The molecule has 2 aromatic rings. The van der Waals surface area contributed by atoms with Crippen LogP contribution in [0.1, 0.15) is 48.0 Å². The molecule has 2 aromatic carbocycles. The molecule has 5 nitrogen and oxygen atoms in total. The Morgan fingerprint density at radius 3 is 2.71 bits per heavy atom. The molecular weight excluding hydrogens is 350 g/mol. The minimum Gasteiger partial charge on any atom is -0.496 e. The van der Waals surface area contributed by atoms with Gasteiger partial charge in [-0.1, -0.05) is 36.4 Å². The standard InChI is InChI=1S/C23H29N3O2/c1-24-19-11-6-12-20(28-2)21(19)22(27)25-23-14-7-10-18(13-15-23)26(23)16-17-8-4-3-5-9-17/h3-6,8-9,11-12,18,24H,7,10,13-16H2,1-2H3,(H,25,27). The maximum Gasteiger partial charge on any atom is 0.258 e. The first-order chi connectivity index (χ1) is 13.7. The highest BCUT2D eigenvalue weighted by molar-refractivity contribution is 6.02. The maximum absolute atomic E-state index is 13.4. The maximum atomic E-state index is 13.4. The van der Waals surface area contributed by atoms with Crippen molar-refractivity contribution in [2.75, 3.05) is 19.5 Å². The molecule has 2 unspecified atom stereocenters. The molecule has 2 heterocycles. The summed E-state index contributed by atoms with van der Waals surface area (Å²) in [5.74, 6) is 0.531. The molecule has 0 radical (unpaired) electrons. The Morgan fingerprint density at radius 1 is 1.14 bits per heavy atom. The quantitative estimate of drug-likeness (QED) is 0.796. The summed E-state index contributed by atoms with van der Waals surface area (Å²) in [6.07, 6.45) is 5.49. The van der Waals surface area contributed by atoms with Crippen LogP contribution < -0.4 is 15.4 Å². The van der Waals surface area contributed by atoms with Crippen LogP contribution in [0.4, 0.5) is 5.69 Å². The summed E-state index contributed by atoms with van der Waals surface area (Å²) in [6.45, 7) is 0.872. The van der Waals surface area contributed by atoms with Crippen LogP contribution in [0, 0.1) is 0 Å². The van der Waals surface area contributed by atoms with Gasteiger partial charge in [-0.15, -0.1) is 0 Å². The second-order valence-electron chi connectivity index (χ2n) is 7.82. The normalized spacial score (nSPS) is 24.0. The molecule has 0 aliphatic carbocycles. The summed E-state index contributed by atoms with van der Waals surface area (Å²) in [6, 6.07) is 16.7. The highest BCUT2D eigenvalue weighted by atomic mass is 16.5. The summed E-state index contributed by atoms with van der Waals surface area (Å²) in [7, 11) is 3.44. The van der Waals surface area contributed by atoms with Crippen molar-refractivity contribution >= 4 is 11.6 Å². The van der Waals surface area contributed by atoms with E-state index in [9.17, 15) is 4.79 Å². The number of methoxy groups -OCH3 is 1. The summed E-state index contributed by atoms with van der Waals surface area (Å²) >= 11 is 0. The van der Waals surface area contributed by atoms with Gasteiger partial charge in [-0.3, -0.25) is 9.69 Å². The lowest BCUT2D eigenvalue weighted by molar-refractivity contribution is 0.0184. The van der Waals surface area contributed by atoms with E-state index >= 15 is 0 Å². The highest BCUT2D eigenvalue weighted by Crippen LogP contribution is 2.44. The molecule has 2 fully saturated rings. The van der Waals surface area contributed by atoms with Crippen LogP contribution in [0.25, 0.3) is 0 Å². The smallest absolute Gasteiger partial charge is 0.258 e. The number of nitrogens with zero attached hydrogens (tertiary/aromatic N) is 1. The van der Waals surface area contributed by atoms with Crippen LogP contribution in [0.15, 0.2) is 48.5 Å². The third-order valence-electron chi connectivity index (χ3n) is 6.29. The molecule has 148 valence electrons. The molecule has 2 atom stereocenters. The molecule has 0 saturated carbocycles. The third-order valence-corrected chi connectivity index (χ3v) is 6.29. The van der Waals surface area contributed by atoms with Gasteiger partial charge < -0.3 is 15.4 Å². The number of hydrogen-bond acceptors (Lipinski definition) is 4. The monoisotopic (exact) mass is 379 g/mol. The fraction of sp³-hybridized carbons (Fsp3) is 0.435. The predicted octanol–water partition coefficient (Wildman–Crippen LogP) is 4.01. The van der Waals surface area contributed by atoms with Crippen LogP contribution in [0.2, 0.25) is 0 Å². The Bertz CT molecular complexity index is 813. The first-order valence-corrected chi connectivity index (χ1v) is 10.1. The van der Waals surface area contributed by atoms with E-state index in [4.69, 9.17) is 4.74 Å². The van der Waals surface area contributed by atoms with Gasteiger partial charge in [0.2, 0.25) is 0 Å². The van der Waals surface area contributed by atoms with E-state index in [2.05, 4.69) is 39.8 Å². The molecule has 2 aliphatic heterocycles. The minimum absolute atomic E-state index is 0.0672. The topological polar surface area (TPSA) is 53.6 Å². The van der Waals surface area contributed by atoms with Gasteiger partial charge in [0.15, 0.2) is 0 Å². The van der Waals surface area contributed by atoms with Gasteiger partial charge >= 0.3 is 0 Å². The molecule has 5 heteroatoms. The number of carbonyl (C=O) groups excluding carboxylic acids is 1. The number of anilines is 1. The summed E-state index contributed by atoms with van der Waals surface area (Å²) in [5, 5.41) is 6.55. The zero-order chi connectivity index (χ0) is 19.6. The van der Waals surface area contributed by atoms with E-state index in [0.29, 0.717) is 17.4 Å². The molecular formula is C23H29N3O2. The zero-order valence-corrected chi connectivity index (χ0v) is 16.7. The number of carbonyl (C=O) groups is 1. The SMILES string of the molecule is CNc1cccc(OC)c1C(=O)NC12CCCC(CC1)N2Cc1ccccc1. The molecule has 2 N–H and O–H groups in total. The van der Waals surface area contributed by atoms with Crippen molar-refractivity contribution in [2.45, 2.75) is 50.4 Å². The fourth-order valence-electron chi connectivity index (χ4n) is 4.93. The second-order valence-corrected chi connectivity index (χ2v) is 7.82. The Morgan fingerprint density at radius 2 is 1.96 bits per heavy atom. The average Bonchev–Trinajstić information content (AvgIpc) is 2.91. The summed E-state index contributed by atoms with van der Waals surface area (Å²) < 4.78 is 5.48. The van der Waals surface area contributed by atoms with Gasteiger partial charge in [-0.25, -0.2) is 0 Å². The predicted molar refractivity (Wildman–Crippen MR) is 112 cm³/mol.